The molecule has 1 aliphatic carbocycles. The van der Waals surface area contributed by atoms with E-state index in [2.05, 4.69) is 0 Å². The zero-order chi connectivity index (χ0) is 12.6. The van der Waals surface area contributed by atoms with Crippen molar-refractivity contribution >= 4 is 11.8 Å². The molecule has 2 rings (SSSR count). The second kappa shape index (κ2) is 4.41. The summed E-state index contributed by atoms with van der Waals surface area (Å²) < 4.78 is 0. The van der Waals surface area contributed by atoms with Crippen molar-refractivity contribution in [2.45, 2.75) is 52.1 Å². The van der Waals surface area contributed by atoms with E-state index >= 15 is 0 Å². The van der Waals surface area contributed by atoms with Gasteiger partial charge in [-0.25, -0.2) is 0 Å². The summed E-state index contributed by atoms with van der Waals surface area (Å²) in [5.74, 6) is -0.0177. The van der Waals surface area contributed by atoms with Gasteiger partial charge in [0.25, 0.3) is 0 Å². The number of nitrogens with zero attached hydrogens (tertiary/aromatic N) is 1. The van der Waals surface area contributed by atoms with Crippen molar-refractivity contribution in [2.75, 3.05) is 6.54 Å². The van der Waals surface area contributed by atoms with Crippen LogP contribution in [0.25, 0.3) is 0 Å². The number of rotatable bonds is 3. The number of hydrogen-bond acceptors (Lipinski definition) is 3. The first kappa shape index (κ1) is 12.6. The minimum Gasteiger partial charge on any atom is -0.391 e. The minimum atomic E-state index is -0.591. The molecule has 1 heterocycles. The number of imide groups is 1. The van der Waals surface area contributed by atoms with Crippen LogP contribution in [-0.4, -0.2) is 34.5 Å². The molecule has 17 heavy (non-hydrogen) atoms. The SMILES string of the molecule is CC1(C)CC(=O)N(CC(O)C2CCCC2)C1=O. The molecule has 0 aromatic rings. The number of amides is 2. The topological polar surface area (TPSA) is 57.6 Å². The van der Waals surface area contributed by atoms with Crippen LogP contribution >= 0.6 is 0 Å². The summed E-state index contributed by atoms with van der Waals surface area (Å²) in [4.78, 5) is 25.0. The van der Waals surface area contributed by atoms with Gasteiger partial charge in [0.2, 0.25) is 11.8 Å². The number of aliphatic hydroxyl groups is 1. The number of carbonyl (C=O) groups is 2. The van der Waals surface area contributed by atoms with Crippen LogP contribution in [0.4, 0.5) is 0 Å². The average Bonchev–Trinajstić information content (AvgIpc) is 2.81. The molecular formula is C13H21NO3. The van der Waals surface area contributed by atoms with Crippen LogP contribution in [0.3, 0.4) is 0 Å². The van der Waals surface area contributed by atoms with Crippen LogP contribution in [0.5, 0.6) is 0 Å². The van der Waals surface area contributed by atoms with Crippen molar-refractivity contribution in [1.29, 1.82) is 0 Å². The molecule has 4 heteroatoms. The number of hydrogen-bond donors (Lipinski definition) is 1. The highest BCUT2D eigenvalue weighted by molar-refractivity contribution is 6.05. The number of likely N-dealkylation sites (tertiary alicyclic amines) is 1. The first-order valence-electron chi connectivity index (χ1n) is 6.45. The van der Waals surface area contributed by atoms with E-state index in [-0.39, 0.29) is 30.7 Å². The van der Waals surface area contributed by atoms with Gasteiger partial charge in [-0.15, -0.1) is 0 Å². The largest absolute Gasteiger partial charge is 0.391 e. The lowest BCUT2D eigenvalue weighted by Gasteiger charge is -2.24. The minimum absolute atomic E-state index is 0.139. The van der Waals surface area contributed by atoms with E-state index < -0.39 is 11.5 Å². The van der Waals surface area contributed by atoms with Crippen molar-refractivity contribution in [3.05, 3.63) is 0 Å². The van der Waals surface area contributed by atoms with Crippen molar-refractivity contribution in [1.82, 2.24) is 4.90 Å². The number of carbonyl (C=O) groups excluding carboxylic acids is 2. The molecule has 1 unspecified atom stereocenters. The Morgan fingerprint density at radius 1 is 1.35 bits per heavy atom. The Bertz CT molecular complexity index is 332. The lowest BCUT2D eigenvalue weighted by molar-refractivity contribution is -0.142. The molecule has 1 saturated carbocycles. The van der Waals surface area contributed by atoms with Gasteiger partial charge in [-0.3, -0.25) is 14.5 Å². The third kappa shape index (κ3) is 2.37. The second-order valence-electron chi connectivity index (χ2n) is 5.98. The van der Waals surface area contributed by atoms with E-state index in [0.29, 0.717) is 0 Å². The maximum Gasteiger partial charge on any atom is 0.235 e. The fourth-order valence-corrected chi connectivity index (χ4v) is 2.89. The molecule has 1 saturated heterocycles. The zero-order valence-electron chi connectivity index (χ0n) is 10.6. The third-order valence-corrected chi connectivity index (χ3v) is 4.03. The number of aliphatic hydroxyl groups excluding tert-OH is 1. The summed E-state index contributed by atoms with van der Waals surface area (Å²) in [6, 6.07) is 0. The summed E-state index contributed by atoms with van der Waals surface area (Å²) in [7, 11) is 0. The molecule has 4 nitrogen and oxygen atoms in total. The molecule has 2 aliphatic rings. The maximum atomic E-state index is 12.0. The highest BCUT2D eigenvalue weighted by atomic mass is 16.3. The molecular weight excluding hydrogens is 218 g/mol. The highest BCUT2D eigenvalue weighted by Crippen LogP contribution is 2.33. The summed E-state index contributed by atoms with van der Waals surface area (Å²) in [5, 5.41) is 10.1. The van der Waals surface area contributed by atoms with Crippen LogP contribution in [-0.2, 0) is 9.59 Å². The Morgan fingerprint density at radius 3 is 2.41 bits per heavy atom. The van der Waals surface area contributed by atoms with Gasteiger partial charge in [-0.1, -0.05) is 26.7 Å². The van der Waals surface area contributed by atoms with Gasteiger partial charge in [-0.2, -0.15) is 0 Å². The Balaban J connectivity index is 1.99. The Hall–Kier alpha value is -0.900. The number of β-amino-alcohol motifs (C(OH)–C–C–N with tert-alkyl or cyclic N) is 1. The molecule has 2 amide bonds. The molecule has 1 N–H and O–H groups in total. The monoisotopic (exact) mass is 239 g/mol. The van der Waals surface area contributed by atoms with Crippen LogP contribution in [0.15, 0.2) is 0 Å². The lowest BCUT2D eigenvalue weighted by atomic mass is 9.92. The van der Waals surface area contributed by atoms with Gasteiger partial charge in [0, 0.05) is 6.42 Å². The second-order valence-corrected chi connectivity index (χ2v) is 5.98. The Labute approximate surface area is 102 Å². The summed E-state index contributed by atoms with van der Waals surface area (Å²) in [6.07, 6.45) is 4.05. The van der Waals surface area contributed by atoms with Crippen molar-refractivity contribution in [3.8, 4) is 0 Å². The molecule has 0 aromatic heterocycles. The predicted octanol–water partition coefficient (Wildman–Crippen LogP) is 1.32. The molecule has 96 valence electrons. The molecule has 1 aliphatic heterocycles. The van der Waals surface area contributed by atoms with E-state index in [9.17, 15) is 14.7 Å². The summed E-state index contributed by atoms with van der Waals surface area (Å²) in [6.45, 7) is 3.76. The van der Waals surface area contributed by atoms with E-state index in [1.807, 2.05) is 0 Å². The Morgan fingerprint density at radius 2 is 1.94 bits per heavy atom. The highest BCUT2D eigenvalue weighted by Gasteiger charge is 2.45. The molecule has 2 fully saturated rings. The van der Waals surface area contributed by atoms with Gasteiger partial charge >= 0.3 is 0 Å². The average molecular weight is 239 g/mol. The van der Waals surface area contributed by atoms with Gasteiger partial charge in [0.15, 0.2) is 0 Å². The van der Waals surface area contributed by atoms with Crippen LogP contribution in [0.1, 0.15) is 46.0 Å². The van der Waals surface area contributed by atoms with Crippen LogP contribution in [0.2, 0.25) is 0 Å². The van der Waals surface area contributed by atoms with Crippen molar-refractivity contribution < 1.29 is 14.7 Å². The third-order valence-electron chi connectivity index (χ3n) is 4.03. The standard InChI is InChI=1S/C13H21NO3/c1-13(2)7-11(16)14(12(13)17)8-10(15)9-5-3-4-6-9/h9-10,15H,3-8H2,1-2H3. The molecule has 0 bridgehead atoms. The zero-order valence-corrected chi connectivity index (χ0v) is 10.6. The Kier molecular flexibility index (Phi) is 3.25. The van der Waals surface area contributed by atoms with Gasteiger partial charge in [0.1, 0.15) is 0 Å². The predicted molar refractivity (Wildman–Crippen MR) is 63.1 cm³/mol. The van der Waals surface area contributed by atoms with E-state index in [4.69, 9.17) is 0 Å². The van der Waals surface area contributed by atoms with Gasteiger partial charge in [-0.05, 0) is 18.8 Å². The van der Waals surface area contributed by atoms with E-state index in [1.165, 1.54) is 4.90 Å². The first-order valence-corrected chi connectivity index (χ1v) is 6.45. The van der Waals surface area contributed by atoms with Crippen LogP contribution in [0, 0.1) is 11.3 Å². The quantitative estimate of drug-likeness (QED) is 0.756. The van der Waals surface area contributed by atoms with Gasteiger partial charge in [0.05, 0.1) is 18.1 Å². The van der Waals surface area contributed by atoms with E-state index in [1.54, 1.807) is 13.8 Å². The van der Waals surface area contributed by atoms with Crippen molar-refractivity contribution in [3.63, 3.8) is 0 Å². The molecule has 1 atom stereocenters. The summed E-state index contributed by atoms with van der Waals surface area (Å²) in [5.41, 5.74) is -0.591. The molecule has 0 radical (unpaired) electrons. The normalized spacial score (nSPS) is 26.9. The smallest absolute Gasteiger partial charge is 0.235 e. The summed E-state index contributed by atoms with van der Waals surface area (Å²) >= 11 is 0. The fraction of sp³-hybridized carbons (Fsp3) is 0.846. The molecule has 0 aromatic carbocycles. The first-order chi connectivity index (χ1) is 7.92. The van der Waals surface area contributed by atoms with E-state index in [0.717, 1.165) is 25.7 Å². The molecule has 0 spiro atoms. The lowest BCUT2D eigenvalue weighted by Crippen LogP contribution is -2.41. The maximum absolute atomic E-state index is 12.0. The fourth-order valence-electron chi connectivity index (χ4n) is 2.89. The van der Waals surface area contributed by atoms with Crippen LogP contribution < -0.4 is 0 Å². The van der Waals surface area contributed by atoms with Gasteiger partial charge < -0.3 is 5.11 Å². The van der Waals surface area contributed by atoms with Crippen molar-refractivity contribution in [2.24, 2.45) is 11.3 Å².